The van der Waals surface area contributed by atoms with Crippen LogP contribution in [0.2, 0.25) is 0 Å². The van der Waals surface area contributed by atoms with Crippen LogP contribution in [-0.4, -0.2) is 22.4 Å². The second-order valence-electron chi connectivity index (χ2n) is 6.20. The first-order valence-electron chi connectivity index (χ1n) is 8.30. The Bertz CT molecular complexity index is 1000. The molecule has 0 aliphatic heterocycles. The summed E-state index contributed by atoms with van der Waals surface area (Å²) >= 11 is 1.35. The Kier molecular flexibility index (Phi) is 4.23. The third-order valence-corrected chi connectivity index (χ3v) is 5.70. The van der Waals surface area contributed by atoms with Gasteiger partial charge in [-0.1, -0.05) is 30.3 Å². The third kappa shape index (κ3) is 2.81. The number of ketones is 1. The first kappa shape index (κ1) is 16.2. The standard InChI is InChI=1S/C19H18N2O3S/c1-24-11-15-20-18-16(13-8-5-9-14(22)17(13)25-18)19(23)21(15)10-12-6-3-2-4-7-12/h2-4,6-7H,5,8-11H2,1H3. The number of aryl methyl sites for hydroxylation is 1. The van der Waals surface area contributed by atoms with Crippen LogP contribution in [0.4, 0.5) is 0 Å². The van der Waals surface area contributed by atoms with Crippen LogP contribution in [0, 0.1) is 0 Å². The Labute approximate surface area is 148 Å². The zero-order chi connectivity index (χ0) is 17.4. The molecule has 0 atom stereocenters. The predicted molar refractivity (Wildman–Crippen MR) is 97.4 cm³/mol. The molecule has 128 valence electrons. The van der Waals surface area contributed by atoms with Crippen LogP contribution in [0.15, 0.2) is 35.1 Å². The Morgan fingerprint density at radius 3 is 2.76 bits per heavy atom. The number of ether oxygens (including phenoxy) is 1. The molecule has 0 bridgehead atoms. The summed E-state index contributed by atoms with van der Waals surface area (Å²) in [6.45, 7) is 0.703. The number of thiophene rings is 1. The van der Waals surface area contributed by atoms with Crippen molar-refractivity contribution in [2.24, 2.45) is 0 Å². The fourth-order valence-electron chi connectivity index (χ4n) is 3.35. The summed E-state index contributed by atoms with van der Waals surface area (Å²) in [6, 6.07) is 9.82. The molecule has 2 aromatic heterocycles. The van der Waals surface area contributed by atoms with Crippen molar-refractivity contribution in [1.29, 1.82) is 0 Å². The largest absolute Gasteiger partial charge is 0.377 e. The molecule has 1 aliphatic carbocycles. The average Bonchev–Trinajstić information content (AvgIpc) is 2.99. The lowest BCUT2D eigenvalue weighted by Crippen LogP contribution is -2.26. The molecule has 0 spiro atoms. The third-order valence-electron chi connectivity index (χ3n) is 4.53. The second-order valence-corrected chi connectivity index (χ2v) is 7.20. The highest BCUT2D eigenvalue weighted by Crippen LogP contribution is 2.33. The number of benzene rings is 1. The molecular weight excluding hydrogens is 336 g/mol. The maximum absolute atomic E-state index is 13.2. The van der Waals surface area contributed by atoms with Crippen molar-refractivity contribution in [3.63, 3.8) is 0 Å². The molecule has 0 radical (unpaired) electrons. The van der Waals surface area contributed by atoms with Gasteiger partial charge in [-0.3, -0.25) is 14.2 Å². The van der Waals surface area contributed by atoms with E-state index in [1.165, 1.54) is 11.3 Å². The van der Waals surface area contributed by atoms with Crippen LogP contribution in [0.3, 0.4) is 0 Å². The van der Waals surface area contributed by atoms with Gasteiger partial charge in [0.2, 0.25) is 0 Å². The fourth-order valence-corrected chi connectivity index (χ4v) is 4.55. The maximum Gasteiger partial charge on any atom is 0.262 e. The highest BCUT2D eigenvalue weighted by Gasteiger charge is 2.26. The zero-order valence-corrected chi connectivity index (χ0v) is 14.8. The number of nitrogens with zero attached hydrogens (tertiary/aromatic N) is 2. The topological polar surface area (TPSA) is 61.2 Å². The number of rotatable bonds is 4. The Morgan fingerprint density at radius 1 is 1.20 bits per heavy atom. The van der Waals surface area contributed by atoms with Crippen molar-refractivity contribution in [2.75, 3.05) is 7.11 Å². The molecule has 0 unspecified atom stereocenters. The molecule has 0 fully saturated rings. The van der Waals surface area contributed by atoms with E-state index in [2.05, 4.69) is 4.98 Å². The SMILES string of the molecule is COCc1nc2sc3c(c2c(=O)n1Cc1ccccc1)CCCC3=O. The minimum absolute atomic E-state index is 0.0758. The van der Waals surface area contributed by atoms with Crippen LogP contribution in [0.1, 0.15) is 39.5 Å². The minimum Gasteiger partial charge on any atom is -0.377 e. The van der Waals surface area contributed by atoms with E-state index in [9.17, 15) is 9.59 Å². The molecule has 1 aromatic carbocycles. The van der Waals surface area contributed by atoms with Crippen molar-refractivity contribution in [2.45, 2.75) is 32.4 Å². The van der Waals surface area contributed by atoms with Gasteiger partial charge in [0.25, 0.3) is 5.56 Å². The van der Waals surface area contributed by atoms with Gasteiger partial charge in [0, 0.05) is 13.5 Å². The monoisotopic (exact) mass is 354 g/mol. The number of Topliss-reactive ketones (excluding diaryl/α,β-unsaturated/α-hetero) is 1. The van der Waals surface area contributed by atoms with Crippen LogP contribution in [-0.2, 0) is 24.3 Å². The summed E-state index contributed by atoms with van der Waals surface area (Å²) in [6.07, 6.45) is 2.13. The van der Waals surface area contributed by atoms with Gasteiger partial charge in [0.1, 0.15) is 17.3 Å². The van der Waals surface area contributed by atoms with Crippen molar-refractivity contribution in [1.82, 2.24) is 9.55 Å². The molecule has 6 heteroatoms. The molecule has 5 nitrogen and oxygen atoms in total. The Hall–Kier alpha value is -2.31. The van der Waals surface area contributed by atoms with Gasteiger partial charge in [-0.25, -0.2) is 4.98 Å². The summed E-state index contributed by atoms with van der Waals surface area (Å²) in [5, 5.41) is 0.615. The Balaban J connectivity index is 1.94. The molecule has 0 saturated carbocycles. The van der Waals surface area contributed by atoms with Crippen LogP contribution < -0.4 is 5.56 Å². The van der Waals surface area contributed by atoms with E-state index in [-0.39, 0.29) is 17.9 Å². The van der Waals surface area contributed by atoms with Crippen LogP contribution in [0.5, 0.6) is 0 Å². The van der Waals surface area contributed by atoms with Crippen molar-refractivity contribution >= 4 is 27.3 Å². The number of methoxy groups -OCH3 is 1. The molecule has 25 heavy (non-hydrogen) atoms. The molecule has 3 aromatic rings. The van der Waals surface area contributed by atoms with Gasteiger partial charge in [-0.2, -0.15) is 0 Å². The average molecular weight is 354 g/mol. The number of aromatic nitrogens is 2. The quantitative estimate of drug-likeness (QED) is 0.722. The van der Waals surface area contributed by atoms with Gasteiger partial charge in [-0.15, -0.1) is 11.3 Å². The lowest BCUT2D eigenvalue weighted by Gasteiger charge is -2.13. The lowest BCUT2D eigenvalue weighted by molar-refractivity contribution is 0.0977. The molecule has 0 saturated heterocycles. The molecular formula is C19H18N2O3S. The highest BCUT2D eigenvalue weighted by molar-refractivity contribution is 7.20. The number of hydrogen-bond donors (Lipinski definition) is 0. The number of carbonyl (C=O) groups is 1. The Morgan fingerprint density at radius 2 is 2.00 bits per heavy atom. The summed E-state index contributed by atoms with van der Waals surface area (Å²) in [5.41, 5.74) is 1.84. The molecule has 2 heterocycles. The fraction of sp³-hybridized carbons (Fsp3) is 0.316. The molecule has 0 amide bonds. The minimum atomic E-state index is -0.0758. The number of fused-ring (bicyclic) bond motifs is 3. The normalized spacial score (nSPS) is 14.0. The summed E-state index contributed by atoms with van der Waals surface area (Å²) in [4.78, 5) is 31.5. The van der Waals surface area contributed by atoms with Gasteiger partial charge in [-0.05, 0) is 24.0 Å². The predicted octanol–water partition coefficient (Wildman–Crippen LogP) is 3.17. The zero-order valence-electron chi connectivity index (χ0n) is 13.9. The van der Waals surface area contributed by atoms with E-state index in [0.29, 0.717) is 33.9 Å². The molecule has 4 rings (SSSR count). The van der Waals surface area contributed by atoms with Crippen LogP contribution in [0.25, 0.3) is 10.2 Å². The van der Waals surface area contributed by atoms with Gasteiger partial charge >= 0.3 is 0 Å². The first-order valence-corrected chi connectivity index (χ1v) is 9.12. The summed E-state index contributed by atoms with van der Waals surface area (Å²) in [5.74, 6) is 0.724. The van der Waals surface area contributed by atoms with Gasteiger partial charge in [0.05, 0.1) is 16.8 Å². The van der Waals surface area contributed by atoms with E-state index in [1.807, 2.05) is 30.3 Å². The van der Waals surface area contributed by atoms with Gasteiger partial charge in [0.15, 0.2) is 5.78 Å². The summed E-state index contributed by atoms with van der Waals surface area (Å²) in [7, 11) is 1.59. The second kappa shape index (κ2) is 6.54. The van der Waals surface area contributed by atoms with E-state index < -0.39 is 0 Å². The van der Waals surface area contributed by atoms with Crippen molar-refractivity contribution in [3.8, 4) is 0 Å². The lowest BCUT2D eigenvalue weighted by atomic mass is 9.96. The highest BCUT2D eigenvalue weighted by atomic mass is 32.1. The van der Waals surface area contributed by atoms with E-state index in [4.69, 9.17) is 4.74 Å². The van der Waals surface area contributed by atoms with Gasteiger partial charge < -0.3 is 4.74 Å². The molecule has 1 aliphatic rings. The number of carbonyl (C=O) groups excluding carboxylic acids is 1. The summed E-state index contributed by atoms with van der Waals surface area (Å²) < 4.78 is 6.92. The van der Waals surface area contributed by atoms with E-state index in [0.717, 1.165) is 24.0 Å². The van der Waals surface area contributed by atoms with Crippen molar-refractivity contribution < 1.29 is 9.53 Å². The first-order chi connectivity index (χ1) is 12.2. The van der Waals surface area contributed by atoms with Crippen molar-refractivity contribution in [3.05, 3.63) is 62.5 Å². The molecule has 0 N–H and O–H groups in total. The number of hydrogen-bond acceptors (Lipinski definition) is 5. The maximum atomic E-state index is 13.2. The smallest absolute Gasteiger partial charge is 0.262 e. The van der Waals surface area contributed by atoms with Crippen LogP contribution >= 0.6 is 11.3 Å². The van der Waals surface area contributed by atoms with E-state index >= 15 is 0 Å². The van der Waals surface area contributed by atoms with E-state index in [1.54, 1.807) is 11.7 Å².